The Morgan fingerprint density at radius 3 is 2.52 bits per heavy atom. The van der Waals surface area contributed by atoms with E-state index in [1.807, 2.05) is 6.07 Å². The summed E-state index contributed by atoms with van der Waals surface area (Å²) in [5.41, 5.74) is 3.06. The van der Waals surface area contributed by atoms with E-state index in [0.29, 0.717) is 17.1 Å². The van der Waals surface area contributed by atoms with Crippen molar-refractivity contribution in [3.8, 4) is 0 Å². The molecule has 0 saturated carbocycles. The molecule has 1 saturated heterocycles. The van der Waals surface area contributed by atoms with Crippen molar-refractivity contribution in [2.45, 2.75) is 30.8 Å². The molecule has 0 aliphatic carbocycles. The summed E-state index contributed by atoms with van der Waals surface area (Å²) in [6.07, 6.45) is 3.79. The van der Waals surface area contributed by atoms with E-state index in [1.54, 1.807) is 24.3 Å². The first kappa shape index (κ1) is 19.5. The number of likely N-dealkylation sites (tertiary alicyclic amines) is 1. The maximum Gasteiger partial charge on any atom is 0.247 e. The smallest absolute Gasteiger partial charge is 0.247 e. The molecule has 1 fully saturated rings. The molecule has 0 radical (unpaired) electrons. The fraction of sp³-hybridized carbons (Fsp3) is 0.286. The SMILES string of the molecule is C=CC(=O)Nc1ccc(S(=O)NCc2cccc(CN3CCCC3)c2)cc1. The molecule has 0 aromatic heterocycles. The van der Waals surface area contributed by atoms with Gasteiger partial charge in [0.1, 0.15) is 11.0 Å². The first-order valence-corrected chi connectivity index (χ1v) is 10.3. The van der Waals surface area contributed by atoms with Crippen LogP contribution in [0.3, 0.4) is 0 Å². The van der Waals surface area contributed by atoms with Crippen molar-refractivity contribution in [2.24, 2.45) is 0 Å². The third-order valence-corrected chi connectivity index (χ3v) is 5.63. The zero-order valence-corrected chi connectivity index (χ0v) is 16.1. The summed E-state index contributed by atoms with van der Waals surface area (Å²) >= 11 is 0. The Morgan fingerprint density at radius 1 is 1.11 bits per heavy atom. The summed E-state index contributed by atoms with van der Waals surface area (Å²) in [6.45, 7) is 7.29. The number of carbonyl (C=O) groups excluding carboxylic acids is 1. The van der Waals surface area contributed by atoms with E-state index >= 15 is 0 Å². The van der Waals surface area contributed by atoms with E-state index < -0.39 is 11.0 Å². The average molecular weight is 384 g/mol. The maximum absolute atomic E-state index is 12.5. The van der Waals surface area contributed by atoms with Gasteiger partial charge in [-0.1, -0.05) is 30.8 Å². The van der Waals surface area contributed by atoms with Crippen molar-refractivity contribution >= 4 is 22.6 Å². The molecule has 1 atom stereocenters. The van der Waals surface area contributed by atoms with Crippen LogP contribution in [0.2, 0.25) is 0 Å². The van der Waals surface area contributed by atoms with E-state index in [-0.39, 0.29) is 5.91 Å². The van der Waals surface area contributed by atoms with Crippen LogP contribution in [-0.2, 0) is 28.9 Å². The third-order valence-electron chi connectivity index (χ3n) is 4.52. The van der Waals surface area contributed by atoms with E-state index in [4.69, 9.17) is 0 Å². The molecule has 5 nitrogen and oxygen atoms in total. The Bertz CT molecular complexity index is 814. The summed E-state index contributed by atoms with van der Waals surface area (Å²) in [5.74, 6) is -0.268. The zero-order valence-electron chi connectivity index (χ0n) is 15.3. The van der Waals surface area contributed by atoms with Gasteiger partial charge in [-0.25, -0.2) is 8.93 Å². The van der Waals surface area contributed by atoms with Gasteiger partial charge >= 0.3 is 0 Å². The lowest BCUT2D eigenvalue weighted by atomic mass is 10.1. The first-order chi connectivity index (χ1) is 13.1. The van der Waals surface area contributed by atoms with Crippen molar-refractivity contribution in [2.75, 3.05) is 18.4 Å². The summed E-state index contributed by atoms with van der Waals surface area (Å²) in [6, 6.07) is 15.4. The van der Waals surface area contributed by atoms with Crippen LogP contribution >= 0.6 is 0 Å². The molecule has 1 aliphatic rings. The number of rotatable bonds is 8. The topological polar surface area (TPSA) is 61.4 Å². The van der Waals surface area contributed by atoms with Gasteiger partial charge in [-0.15, -0.1) is 0 Å². The van der Waals surface area contributed by atoms with Crippen LogP contribution in [0.25, 0.3) is 0 Å². The van der Waals surface area contributed by atoms with Crippen molar-refractivity contribution in [1.29, 1.82) is 0 Å². The fourth-order valence-corrected chi connectivity index (χ4v) is 3.97. The van der Waals surface area contributed by atoms with E-state index in [9.17, 15) is 9.00 Å². The molecule has 1 aliphatic heterocycles. The Hall–Kier alpha value is -2.28. The predicted octanol–water partition coefficient (Wildman–Crippen LogP) is 3.22. The molecule has 1 unspecified atom stereocenters. The van der Waals surface area contributed by atoms with Crippen LogP contribution in [0.5, 0.6) is 0 Å². The van der Waals surface area contributed by atoms with Gasteiger partial charge in [-0.05, 0) is 67.4 Å². The number of carbonyl (C=O) groups is 1. The Kier molecular flexibility index (Phi) is 6.92. The lowest BCUT2D eigenvalue weighted by Crippen LogP contribution is -2.19. The van der Waals surface area contributed by atoms with Gasteiger partial charge in [0.2, 0.25) is 5.91 Å². The number of hydrogen-bond acceptors (Lipinski definition) is 3. The van der Waals surface area contributed by atoms with Crippen molar-refractivity contribution in [3.05, 3.63) is 72.3 Å². The normalized spacial score (nSPS) is 15.4. The highest BCUT2D eigenvalue weighted by molar-refractivity contribution is 7.83. The number of benzene rings is 2. The Labute approximate surface area is 163 Å². The molecule has 1 heterocycles. The highest BCUT2D eigenvalue weighted by Gasteiger charge is 2.12. The Balaban J connectivity index is 1.54. The molecule has 1 amide bonds. The van der Waals surface area contributed by atoms with Crippen LogP contribution in [-0.4, -0.2) is 28.1 Å². The molecule has 2 aromatic rings. The number of nitrogens with one attached hydrogen (secondary N) is 2. The van der Waals surface area contributed by atoms with Crippen LogP contribution < -0.4 is 10.0 Å². The molecule has 0 spiro atoms. The number of hydrogen-bond donors (Lipinski definition) is 2. The Morgan fingerprint density at radius 2 is 1.81 bits per heavy atom. The number of nitrogens with zero attached hydrogens (tertiary/aromatic N) is 1. The molecule has 2 aromatic carbocycles. The number of amides is 1. The van der Waals surface area contributed by atoms with E-state index in [2.05, 4.69) is 39.7 Å². The number of anilines is 1. The minimum atomic E-state index is -1.31. The van der Waals surface area contributed by atoms with Crippen LogP contribution in [0.15, 0.2) is 66.1 Å². The molecule has 27 heavy (non-hydrogen) atoms. The lowest BCUT2D eigenvalue weighted by Gasteiger charge is -2.15. The van der Waals surface area contributed by atoms with Gasteiger partial charge in [0.15, 0.2) is 0 Å². The summed E-state index contributed by atoms with van der Waals surface area (Å²) in [5, 5.41) is 2.67. The molecular formula is C21H25N3O2S. The largest absolute Gasteiger partial charge is 0.323 e. The minimum absolute atomic E-state index is 0.268. The second-order valence-corrected chi connectivity index (χ2v) is 7.91. The lowest BCUT2D eigenvalue weighted by molar-refractivity contribution is -0.111. The van der Waals surface area contributed by atoms with E-state index in [0.717, 1.165) is 12.1 Å². The maximum atomic E-state index is 12.5. The highest BCUT2D eigenvalue weighted by Crippen LogP contribution is 2.15. The molecule has 2 N–H and O–H groups in total. The molecule has 142 valence electrons. The highest BCUT2D eigenvalue weighted by atomic mass is 32.2. The van der Waals surface area contributed by atoms with Gasteiger partial charge in [0.25, 0.3) is 0 Å². The fourth-order valence-electron chi connectivity index (χ4n) is 3.12. The van der Waals surface area contributed by atoms with Crippen LogP contribution in [0.4, 0.5) is 5.69 Å². The second kappa shape index (κ2) is 9.60. The van der Waals surface area contributed by atoms with Gasteiger partial charge < -0.3 is 5.32 Å². The van der Waals surface area contributed by atoms with Crippen molar-refractivity contribution < 1.29 is 9.00 Å². The third kappa shape index (κ3) is 5.85. The monoisotopic (exact) mass is 383 g/mol. The first-order valence-electron chi connectivity index (χ1n) is 9.13. The van der Waals surface area contributed by atoms with E-state index in [1.165, 1.54) is 37.6 Å². The predicted molar refractivity (Wildman–Crippen MR) is 109 cm³/mol. The quantitative estimate of drug-likeness (QED) is 0.688. The molecule has 6 heteroatoms. The molecule has 0 bridgehead atoms. The van der Waals surface area contributed by atoms with Gasteiger partial charge in [0.05, 0.1) is 4.90 Å². The second-order valence-electron chi connectivity index (χ2n) is 6.61. The van der Waals surface area contributed by atoms with Gasteiger partial charge in [-0.2, -0.15) is 0 Å². The molecular weight excluding hydrogens is 358 g/mol. The minimum Gasteiger partial charge on any atom is -0.323 e. The van der Waals surface area contributed by atoms with Crippen LogP contribution in [0.1, 0.15) is 24.0 Å². The summed E-state index contributed by atoms with van der Waals surface area (Å²) < 4.78 is 15.5. The standard InChI is InChI=1S/C21H25N3O2S/c1-2-21(25)23-19-8-10-20(11-9-19)27(26)22-15-17-6-5-7-18(14-17)16-24-12-3-4-13-24/h2,5-11,14,22H,1,3-4,12-13,15-16H2,(H,23,25). The van der Waals surface area contributed by atoms with Crippen LogP contribution in [0, 0.1) is 0 Å². The zero-order chi connectivity index (χ0) is 19.1. The van der Waals surface area contributed by atoms with Crippen molar-refractivity contribution in [3.63, 3.8) is 0 Å². The van der Waals surface area contributed by atoms with Gasteiger partial charge in [0, 0.05) is 18.8 Å². The van der Waals surface area contributed by atoms with Gasteiger partial charge in [-0.3, -0.25) is 9.69 Å². The summed E-state index contributed by atoms with van der Waals surface area (Å²) in [7, 11) is -1.31. The van der Waals surface area contributed by atoms with Crippen molar-refractivity contribution in [1.82, 2.24) is 9.62 Å². The molecule has 3 rings (SSSR count). The summed E-state index contributed by atoms with van der Waals surface area (Å²) in [4.78, 5) is 14.4. The average Bonchev–Trinajstić information content (AvgIpc) is 3.20.